The van der Waals surface area contributed by atoms with Crippen molar-refractivity contribution >= 4 is 5.69 Å². The molecule has 0 spiro atoms. The SMILES string of the molecule is COc1ccc(NC(C)c2cccnc2)cc1OC(F)F. The van der Waals surface area contributed by atoms with Crippen molar-refractivity contribution < 1.29 is 18.3 Å². The molecule has 0 saturated heterocycles. The van der Waals surface area contributed by atoms with E-state index in [1.807, 2.05) is 19.1 Å². The van der Waals surface area contributed by atoms with E-state index in [4.69, 9.17) is 4.74 Å². The highest BCUT2D eigenvalue weighted by atomic mass is 19.3. The Bertz CT molecular complexity index is 579. The van der Waals surface area contributed by atoms with Crippen LogP contribution in [0, 0.1) is 0 Å². The minimum atomic E-state index is -2.90. The number of methoxy groups -OCH3 is 1. The molecule has 1 unspecified atom stereocenters. The molecule has 0 amide bonds. The number of rotatable bonds is 6. The summed E-state index contributed by atoms with van der Waals surface area (Å²) in [5.41, 5.74) is 1.65. The maximum absolute atomic E-state index is 12.4. The Kier molecular flexibility index (Phi) is 4.92. The molecule has 1 N–H and O–H groups in total. The number of anilines is 1. The Hall–Kier alpha value is -2.37. The van der Waals surface area contributed by atoms with Gasteiger partial charge in [-0.3, -0.25) is 4.98 Å². The number of hydrogen-bond donors (Lipinski definition) is 1. The summed E-state index contributed by atoms with van der Waals surface area (Å²) in [6.45, 7) is -0.945. The molecule has 0 saturated carbocycles. The van der Waals surface area contributed by atoms with Crippen LogP contribution in [-0.2, 0) is 0 Å². The third-order valence-electron chi connectivity index (χ3n) is 2.95. The first kappa shape index (κ1) is 15.0. The summed E-state index contributed by atoms with van der Waals surface area (Å²) >= 11 is 0. The van der Waals surface area contributed by atoms with Crippen molar-refractivity contribution in [3.8, 4) is 11.5 Å². The van der Waals surface area contributed by atoms with Crippen molar-refractivity contribution in [3.05, 3.63) is 48.3 Å². The Labute approximate surface area is 121 Å². The van der Waals surface area contributed by atoms with Gasteiger partial charge in [-0.05, 0) is 30.7 Å². The van der Waals surface area contributed by atoms with Gasteiger partial charge in [-0.2, -0.15) is 8.78 Å². The molecule has 0 aliphatic carbocycles. The van der Waals surface area contributed by atoms with Crippen molar-refractivity contribution in [2.24, 2.45) is 0 Å². The van der Waals surface area contributed by atoms with E-state index in [-0.39, 0.29) is 17.5 Å². The number of benzene rings is 1. The summed E-state index contributed by atoms with van der Waals surface area (Å²) < 4.78 is 34.2. The fraction of sp³-hybridized carbons (Fsp3) is 0.267. The monoisotopic (exact) mass is 294 g/mol. The third kappa shape index (κ3) is 4.05. The van der Waals surface area contributed by atoms with Crippen molar-refractivity contribution in [1.29, 1.82) is 0 Å². The molecule has 0 aliphatic heterocycles. The van der Waals surface area contributed by atoms with Crippen LogP contribution in [0.4, 0.5) is 14.5 Å². The van der Waals surface area contributed by atoms with Crippen LogP contribution in [0.15, 0.2) is 42.7 Å². The molecule has 0 aliphatic rings. The summed E-state index contributed by atoms with van der Waals surface area (Å²) in [6.07, 6.45) is 3.44. The van der Waals surface area contributed by atoms with Crippen LogP contribution in [-0.4, -0.2) is 18.7 Å². The molecule has 6 heteroatoms. The maximum Gasteiger partial charge on any atom is 0.387 e. The molecule has 2 rings (SSSR count). The van der Waals surface area contributed by atoms with E-state index in [9.17, 15) is 8.78 Å². The van der Waals surface area contributed by atoms with Gasteiger partial charge in [-0.25, -0.2) is 0 Å². The highest BCUT2D eigenvalue weighted by molar-refractivity contribution is 5.55. The van der Waals surface area contributed by atoms with Gasteiger partial charge in [0.25, 0.3) is 0 Å². The zero-order valence-corrected chi connectivity index (χ0v) is 11.7. The summed E-state index contributed by atoms with van der Waals surface area (Å²) in [5.74, 6) is 0.255. The third-order valence-corrected chi connectivity index (χ3v) is 2.95. The summed E-state index contributed by atoms with van der Waals surface area (Å²) in [4.78, 5) is 4.05. The van der Waals surface area contributed by atoms with Gasteiger partial charge in [-0.15, -0.1) is 0 Å². The van der Waals surface area contributed by atoms with Crippen molar-refractivity contribution in [2.75, 3.05) is 12.4 Å². The fourth-order valence-corrected chi connectivity index (χ4v) is 1.92. The number of hydrogen-bond acceptors (Lipinski definition) is 4. The van der Waals surface area contributed by atoms with E-state index in [1.54, 1.807) is 24.5 Å². The minimum Gasteiger partial charge on any atom is -0.493 e. The van der Waals surface area contributed by atoms with Gasteiger partial charge < -0.3 is 14.8 Å². The van der Waals surface area contributed by atoms with Gasteiger partial charge in [0.05, 0.1) is 13.2 Å². The lowest BCUT2D eigenvalue weighted by atomic mass is 10.1. The number of aromatic nitrogens is 1. The van der Waals surface area contributed by atoms with Gasteiger partial charge >= 0.3 is 6.61 Å². The Morgan fingerprint density at radius 1 is 1.19 bits per heavy atom. The molecule has 1 aromatic carbocycles. The first-order valence-corrected chi connectivity index (χ1v) is 6.39. The summed E-state index contributed by atoms with van der Waals surface area (Å²) in [7, 11) is 1.40. The topological polar surface area (TPSA) is 43.4 Å². The van der Waals surface area contributed by atoms with Gasteiger partial charge in [-0.1, -0.05) is 6.07 Å². The number of alkyl halides is 2. The molecule has 1 atom stereocenters. The lowest BCUT2D eigenvalue weighted by Gasteiger charge is -2.17. The fourth-order valence-electron chi connectivity index (χ4n) is 1.92. The van der Waals surface area contributed by atoms with E-state index >= 15 is 0 Å². The van der Waals surface area contributed by atoms with E-state index in [2.05, 4.69) is 15.0 Å². The van der Waals surface area contributed by atoms with Crippen molar-refractivity contribution in [2.45, 2.75) is 19.6 Å². The number of nitrogens with zero attached hydrogens (tertiary/aromatic N) is 1. The molecule has 21 heavy (non-hydrogen) atoms. The zero-order valence-electron chi connectivity index (χ0n) is 11.7. The molecule has 1 heterocycles. The molecule has 2 aromatic rings. The predicted octanol–water partition coefficient (Wildman–Crippen LogP) is 3.86. The molecular weight excluding hydrogens is 278 g/mol. The second kappa shape index (κ2) is 6.88. The van der Waals surface area contributed by atoms with E-state index in [0.29, 0.717) is 5.69 Å². The first-order valence-electron chi connectivity index (χ1n) is 6.39. The molecule has 0 fully saturated rings. The average Bonchev–Trinajstić information content (AvgIpc) is 2.48. The Balaban J connectivity index is 2.16. The lowest BCUT2D eigenvalue weighted by molar-refractivity contribution is -0.0511. The van der Waals surface area contributed by atoms with E-state index in [0.717, 1.165) is 5.56 Å². The van der Waals surface area contributed by atoms with Gasteiger partial charge in [0.15, 0.2) is 11.5 Å². The zero-order chi connectivity index (χ0) is 15.2. The number of nitrogens with one attached hydrogen (secondary N) is 1. The van der Waals surface area contributed by atoms with Gasteiger partial charge in [0.2, 0.25) is 0 Å². The molecule has 1 aromatic heterocycles. The predicted molar refractivity (Wildman–Crippen MR) is 75.9 cm³/mol. The highest BCUT2D eigenvalue weighted by Crippen LogP contribution is 2.32. The van der Waals surface area contributed by atoms with E-state index < -0.39 is 6.61 Å². The average molecular weight is 294 g/mol. The quantitative estimate of drug-likeness (QED) is 0.878. The van der Waals surface area contributed by atoms with Gasteiger partial charge in [0.1, 0.15) is 0 Å². The minimum absolute atomic E-state index is 0.00381. The van der Waals surface area contributed by atoms with Crippen LogP contribution in [0.5, 0.6) is 11.5 Å². The summed E-state index contributed by atoms with van der Waals surface area (Å²) in [6, 6.07) is 8.56. The van der Waals surface area contributed by atoms with Crippen LogP contribution >= 0.6 is 0 Å². The second-order valence-corrected chi connectivity index (χ2v) is 4.40. The molecule has 0 radical (unpaired) electrons. The number of halogens is 2. The van der Waals surface area contributed by atoms with Crippen LogP contribution < -0.4 is 14.8 Å². The smallest absolute Gasteiger partial charge is 0.387 e. The standard InChI is InChI=1S/C15H16F2N2O2/c1-10(11-4-3-7-18-9-11)19-12-5-6-13(20-2)14(8-12)21-15(16)17/h3-10,15,19H,1-2H3. The van der Waals surface area contributed by atoms with Crippen molar-refractivity contribution in [3.63, 3.8) is 0 Å². The molecular formula is C15H16F2N2O2. The van der Waals surface area contributed by atoms with Crippen LogP contribution in [0.25, 0.3) is 0 Å². The van der Waals surface area contributed by atoms with Crippen LogP contribution in [0.1, 0.15) is 18.5 Å². The van der Waals surface area contributed by atoms with Gasteiger partial charge in [0, 0.05) is 24.1 Å². The molecule has 0 bridgehead atoms. The van der Waals surface area contributed by atoms with E-state index in [1.165, 1.54) is 13.2 Å². The van der Waals surface area contributed by atoms with Crippen molar-refractivity contribution in [1.82, 2.24) is 4.98 Å². The van der Waals surface area contributed by atoms with Crippen LogP contribution in [0.2, 0.25) is 0 Å². The summed E-state index contributed by atoms with van der Waals surface area (Å²) in [5, 5.41) is 3.20. The first-order chi connectivity index (χ1) is 10.1. The second-order valence-electron chi connectivity index (χ2n) is 4.40. The Morgan fingerprint density at radius 3 is 2.62 bits per heavy atom. The highest BCUT2D eigenvalue weighted by Gasteiger charge is 2.12. The lowest BCUT2D eigenvalue weighted by Crippen LogP contribution is -2.08. The Morgan fingerprint density at radius 2 is 2.00 bits per heavy atom. The molecule has 4 nitrogen and oxygen atoms in total. The normalized spacial score (nSPS) is 12.0. The maximum atomic E-state index is 12.4. The number of pyridine rings is 1. The number of ether oxygens (including phenoxy) is 2. The largest absolute Gasteiger partial charge is 0.493 e. The molecule has 112 valence electrons. The van der Waals surface area contributed by atoms with Crippen LogP contribution in [0.3, 0.4) is 0 Å².